The van der Waals surface area contributed by atoms with Gasteiger partial charge in [0.1, 0.15) is 5.82 Å². The maximum Gasteiger partial charge on any atom is 0.416 e. The molecule has 206 valence electrons. The van der Waals surface area contributed by atoms with Gasteiger partial charge in [-0.1, -0.05) is 6.07 Å². The molecule has 1 heterocycles. The fraction of sp³-hybridized carbons (Fsp3) is 0.481. The van der Waals surface area contributed by atoms with Gasteiger partial charge in [-0.15, -0.1) is 0 Å². The molecule has 0 unspecified atom stereocenters. The first-order chi connectivity index (χ1) is 17.9. The molecule has 1 amide bonds. The maximum absolute atomic E-state index is 13.3. The highest BCUT2D eigenvalue weighted by molar-refractivity contribution is 5.91. The van der Waals surface area contributed by atoms with Crippen molar-refractivity contribution >= 4 is 17.4 Å². The molecule has 2 saturated carbocycles. The van der Waals surface area contributed by atoms with Gasteiger partial charge in [0.05, 0.1) is 17.7 Å². The first-order valence-electron chi connectivity index (χ1n) is 12.6. The highest BCUT2D eigenvalue weighted by Gasteiger charge is 2.37. The second-order valence-electron chi connectivity index (χ2n) is 10.0. The lowest BCUT2D eigenvalue weighted by atomic mass is 9.86. The van der Waals surface area contributed by atoms with Crippen LogP contribution in [0.3, 0.4) is 0 Å². The molecule has 2 aromatic rings. The number of pyridine rings is 1. The summed E-state index contributed by atoms with van der Waals surface area (Å²) in [5.74, 6) is 0.520. The Morgan fingerprint density at radius 2 is 1.58 bits per heavy atom. The smallest absolute Gasteiger partial charge is 0.384 e. The number of hydrogen-bond donors (Lipinski definition) is 3. The zero-order valence-electron chi connectivity index (χ0n) is 20.9. The van der Waals surface area contributed by atoms with E-state index in [1.807, 2.05) is 13.0 Å². The van der Waals surface area contributed by atoms with Crippen molar-refractivity contribution in [3.8, 4) is 0 Å². The molecular formula is C27H30F6N4O. The molecule has 4 rings (SSSR count). The van der Waals surface area contributed by atoms with E-state index in [0.717, 1.165) is 49.0 Å². The van der Waals surface area contributed by atoms with Crippen molar-refractivity contribution in [1.82, 2.24) is 15.6 Å². The lowest BCUT2D eigenvalue weighted by molar-refractivity contribution is -0.143. The van der Waals surface area contributed by atoms with Crippen molar-refractivity contribution in [1.29, 1.82) is 0 Å². The van der Waals surface area contributed by atoms with E-state index in [0.29, 0.717) is 30.9 Å². The number of anilines is 1. The molecule has 5 nitrogen and oxygen atoms in total. The van der Waals surface area contributed by atoms with Crippen molar-refractivity contribution < 1.29 is 31.1 Å². The molecule has 1 aromatic heterocycles. The summed E-state index contributed by atoms with van der Waals surface area (Å²) in [5.41, 5.74) is -0.490. The van der Waals surface area contributed by atoms with Crippen LogP contribution >= 0.6 is 0 Å². The fourth-order valence-corrected chi connectivity index (χ4v) is 4.63. The van der Waals surface area contributed by atoms with E-state index in [-0.39, 0.29) is 36.0 Å². The highest BCUT2D eigenvalue weighted by atomic mass is 19.4. The normalized spacial score (nSPS) is 19.7. The third kappa shape index (κ3) is 7.72. The summed E-state index contributed by atoms with van der Waals surface area (Å²) >= 11 is 0. The number of carbonyl (C=O) groups is 1. The van der Waals surface area contributed by atoms with Crippen LogP contribution in [0.5, 0.6) is 0 Å². The first kappa shape index (κ1) is 27.9. The molecule has 0 bridgehead atoms. The Hall–Kier alpha value is -3.08. The van der Waals surface area contributed by atoms with Crippen LogP contribution in [0.1, 0.15) is 60.8 Å². The standard InChI is InChI=1S/C27H30F6N4O/c1-16-2-9-23(35-13-16)37-24(38)15-34-22-7-3-17(4-8-22)14-36-25(18-5-6-18)19-10-20(26(28,29)30)12-21(11-19)27(31,32)33/h2,9-13,17,22,34,36H,3-8,14-15H2,1H3,(H,35,37,38). The summed E-state index contributed by atoms with van der Waals surface area (Å²) in [6.07, 6.45) is -3.51. The van der Waals surface area contributed by atoms with Gasteiger partial charge in [-0.2, -0.15) is 26.3 Å². The van der Waals surface area contributed by atoms with Crippen LogP contribution in [0.2, 0.25) is 0 Å². The Bertz CT molecular complexity index is 1130. The second-order valence-corrected chi connectivity index (χ2v) is 10.0. The van der Waals surface area contributed by atoms with Gasteiger partial charge in [0, 0.05) is 24.5 Å². The molecule has 11 heteroatoms. The molecule has 0 aliphatic heterocycles. The molecule has 3 N–H and O–H groups in total. The summed E-state index contributed by atoms with van der Waals surface area (Å²) in [6.45, 7) is 2.52. The molecule has 2 aliphatic rings. The van der Waals surface area contributed by atoms with E-state index >= 15 is 0 Å². The van der Waals surface area contributed by atoms with Crippen LogP contribution in [0, 0.1) is 12.8 Å². The number of allylic oxidation sites excluding steroid dienone is 1. The van der Waals surface area contributed by atoms with Crippen LogP contribution in [-0.2, 0) is 17.1 Å². The summed E-state index contributed by atoms with van der Waals surface area (Å²) in [5, 5.41) is 9.17. The van der Waals surface area contributed by atoms with Crippen molar-refractivity contribution in [3.05, 3.63) is 64.4 Å². The Morgan fingerprint density at radius 3 is 2.11 bits per heavy atom. The maximum atomic E-state index is 13.3. The van der Waals surface area contributed by atoms with Gasteiger partial charge < -0.3 is 16.0 Å². The first-order valence-corrected chi connectivity index (χ1v) is 12.6. The number of nitrogens with one attached hydrogen (secondary N) is 3. The Labute approximate surface area is 217 Å². The Balaban J connectivity index is 1.30. The minimum absolute atomic E-state index is 0.0796. The summed E-state index contributed by atoms with van der Waals surface area (Å²) in [7, 11) is 0. The minimum atomic E-state index is -4.88. The van der Waals surface area contributed by atoms with Gasteiger partial charge in [0.15, 0.2) is 0 Å². The average Bonchev–Trinajstić information content (AvgIpc) is 3.69. The van der Waals surface area contributed by atoms with Gasteiger partial charge in [0.25, 0.3) is 0 Å². The zero-order chi connectivity index (χ0) is 27.5. The lowest BCUT2D eigenvalue weighted by Crippen LogP contribution is -2.39. The van der Waals surface area contributed by atoms with Gasteiger partial charge in [-0.3, -0.25) is 4.79 Å². The minimum Gasteiger partial charge on any atom is -0.384 e. The number of aryl methyl sites for hydroxylation is 1. The SMILES string of the molecule is Cc1ccc(NC(=O)CNC2CCC(CNC(=C3CC3)c3cc(C(F)(F)F)cc(C(F)(F)F)c3)CC2)nc1. The van der Waals surface area contributed by atoms with Gasteiger partial charge in [-0.25, -0.2) is 4.98 Å². The molecule has 2 aliphatic carbocycles. The number of halogens is 6. The molecule has 0 spiro atoms. The summed E-state index contributed by atoms with van der Waals surface area (Å²) in [4.78, 5) is 16.3. The van der Waals surface area contributed by atoms with Crippen LogP contribution in [-0.4, -0.2) is 30.0 Å². The predicted molar refractivity (Wildman–Crippen MR) is 132 cm³/mol. The topological polar surface area (TPSA) is 66.1 Å². The van der Waals surface area contributed by atoms with Crippen LogP contribution in [0.25, 0.3) is 5.70 Å². The molecule has 0 atom stereocenters. The number of carbonyl (C=O) groups excluding carboxylic acids is 1. The van der Waals surface area contributed by atoms with Crippen LogP contribution in [0.15, 0.2) is 42.1 Å². The number of hydrogen-bond acceptors (Lipinski definition) is 4. The van der Waals surface area contributed by atoms with Crippen LogP contribution < -0.4 is 16.0 Å². The third-order valence-electron chi connectivity index (χ3n) is 6.87. The Morgan fingerprint density at radius 1 is 0.947 bits per heavy atom. The highest BCUT2D eigenvalue weighted by Crippen LogP contribution is 2.41. The fourth-order valence-electron chi connectivity index (χ4n) is 4.63. The molecule has 0 saturated heterocycles. The molecule has 0 radical (unpaired) electrons. The molecular weight excluding hydrogens is 510 g/mol. The van der Waals surface area contributed by atoms with Crippen molar-refractivity contribution in [3.63, 3.8) is 0 Å². The molecule has 1 aromatic carbocycles. The Kier molecular flexibility index (Phi) is 8.34. The van der Waals surface area contributed by atoms with Crippen LogP contribution in [0.4, 0.5) is 32.2 Å². The number of alkyl halides is 6. The number of amides is 1. The average molecular weight is 541 g/mol. The van der Waals surface area contributed by atoms with Gasteiger partial charge >= 0.3 is 12.4 Å². The van der Waals surface area contributed by atoms with E-state index in [2.05, 4.69) is 20.9 Å². The third-order valence-corrected chi connectivity index (χ3v) is 6.87. The van der Waals surface area contributed by atoms with E-state index in [1.54, 1.807) is 12.3 Å². The second kappa shape index (κ2) is 11.3. The number of benzene rings is 1. The van der Waals surface area contributed by atoms with E-state index < -0.39 is 23.5 Å². The summed E-state index contributed by atoms with van der Waals surface area (Å²) < 4.78 is 80.0. The molecule has 2 fully saturated rings. The van der Waals surface area contributed by atoms with Crippen molar-refractivity contribution in [2.45, 2.75) is 63.8 Å². The predicted octanol–water partition coefficient (Wildman–Crippen LogP) is 6.31. The van der Waals surface area contributed by atoms with Gasteiger partial charge in [-0.05, 0) is 92.3 Å². The van der Waals surface area contributed by atoms with E-state index in [4.69, 9.17) is 0 Å². The monoisotopic (exact) mass is 540 g/mol. The quantitative estimate of drug-likeness (QED) is 0.344. The van der Waals surface area contributed by atoms with Gasteiger partial charge in [0.2, 0.25) is 5.91 Å². The number of rotatable bonds is 8. The molecule has 38 heavy (non-hydrogen) atoms. The number of aromatic nitrogens is 1. The van der Waals surface area contributed by atoms with E-state index in [1.165, 1.54) is 0 Å². The van der Waals surface area contributed by atoms with Crippen molar-refractivity contribution in [2.24, 2.45) is 5.92 Å². The van der Waals surface area contributed by atoms with Crippen molar-refractivity contribution in [2.75, 3.05) is 18.4 Å². The summed E-state index contributed by atoms with van der Waals surface area (Å²) in [6, 6.07) is 5.49. The zero-order valence-corrected chi connectivity index (χ0v) is 20.9. The lowest BCUT2D eigenvalue weighted by Gasteiger charge is -2.30. The largest absolute Gasteiger partial charge is 0.416 e. The van der Waals surface area contributed by atoms with E-state index in [9.17, 15) is 31.1 Å². The number of nitrogens with zero attached hydrogens (tertiary/aromatic N) is 1.